The highest BCUT2D eigenvalue weighted by Gasteiger charge is 2.22. The number of hydrogen-bond donors (Lipinski definition) is 0. The molecule has 0 aliphatic heterocycles. The molecule has 164 valence electrons. The Hall–Kier alpha value is -3.10. The lowest BCUT2D eigenvalue weighted by Crippen LogP contribution is -2.32. The smallest absolute Gasteiger partial charge is 0.260 e. The number of thiazole rings is 1. The Balaban J connectivity index is 1.93. The third kappa shape index (κ3) is 5.34. The second kappa shape index (κ2) is 10.8. The molecule has 0 spiro atoms. The highest BCUT2D eigenvalue weighted by Crippen LogP contribution is 2.36. The van der Waals surface area contributed by atoms with E-state index < -0.39 is 0 Å². The fourth-order valence-corrected chi connectivity index (χ4v) is 3.92. The molecule has 1 amide bonds. The van der Waals surface area contributed by atoms with E-state index >= 15 is 0 Å². The fraction of sp³-hybridized carbons (Fsp3) is 0.304. The zero-order valence-electron chi connectivity index (χ0n) is 18.1. The van der Waals surface area contributed by atoms with Gasteiger partial charge in [0, 0.05) is 36.8 Å². The van der Waals surface area contributed by atoms with Crippen LogP contribution < -0.4 is 19.1 Å². The average Bonchev–Trinajstić information content (AvgIpc) is 3.30. The first-order valence-electron chi connectivity index (χ1n) is 9.74. The van der Waals surface area contributed by atoms with Crippen molar-refractivity contribution >= 4 is 22.4 Å². The molecule has 0 unspecified atom stereocenters. The molecular weight excluding hydrogens is 416 g/mol. The molecule has 0 aliphatic rings. The van der Waals surface area contributed by atoms with Gasteiger partial charge in [-0.2, -0.15) is 0 Å². The van der Waals surface area contributed by atoms with Crippen molar-refractivity contribution in [2.45, 2.75) is 6.42 Å². The zero-order chi connectivity index (χ0) is 22.2. The summed E-state index contributed by atoms with van der Waals surface area (Å²) in [5.41, 5.74) is 2.09. The number of carbonyl (C=O) groups is 1. The average molecular weight is 443 g/mol. The van der Waals surface area contributed by atoms with Crippen molar-refractivity contribution < 1.29 is 23.7 Å². The van der Waals surface area contributed by atoms with Crippen molar-refractivity contribution in [2.75, 3.05) is 46.5 Å². The normalized spacial score (nSPS) is 10.6. The van der Waals surface area contributed by atoms with Crippen LogP contribution >= 0.6 is 11.3 Å². The Morgan fingerprint density at radius 2 is 1.68 bits per heavy atom. The summed E-state index contributed by atoms with van der Waals surface area (Å²) in [4.78, 5) is 19.7. The van der Waals surface area contributed by atoms with Crippen LogP contribution in [-0.4, -0.2) is 52.5 Å². The van der Waals surface area contributed by atoms with Crippen molar-refractivity contribution in [3.63, 3.8) is 0 Å². The number of benzene rings is 2. The van der Waals surface area contributed by atoms with Crippen LogP contribution in [0.5, 0.6) is 17.2 Å². The van der Waals surface area contributed by atoms with Gasteiger partial charge in [0.1, 0.15) is 17.2 Å². The Kier molecular flexibility index (Phi) is 7.86. The minimum absolute atomic E-state index is 0.128. The number of amides is 1. The van der Waals surface area contributed by atoms with E-state index in [1.807, 2.05) is 23.6 Å². The number of aromatic nitrogens is 1. The summed E-state index contributed by atoms with van der Waals surface area (Å²) < 4.78 is 21.2. The van der Waals surface area contributed by atoms with Gasteiger partial charge in [0.15, 0.2) is 5.13 Å². The maximum Gasteiger partial charge on any atom is 0.260 e. The highest BCUT2D eigenvalue weighted by atomic mass is 32.1. The van der Waals surface area contributed by atoms with E-state index in [4.69, 9.17) is 23.9 Å². The van der Waals surface area contributed by atoms with E-state index in [0.29, 0.717) is 47.5 Å². The molecule has 2 aromatic carbocycles. The number of nitrogens with zero attached hydrogens (tertiary/aromatic N) is 2. The van der Waals surface area contributed by atoms with Gasteiger partial charge in [0.05, 0.1) is 27.0 Å². The number of hydrogen-bond acceptors (Lipinski definition) is 7. The van der Waals surface area contributed by atoms with Crippen LogP contribution in [0.3, 0.4) is 0 Å². The van der Waals surface area contributed by atoms with Gasteiger partial charge in [-0.3, -0.25) is 9.69 Å². The van der Waals surface area contributed by atoms with Gasteiger partial charge >= 0.3 is 0 Å². The molecular formula is C23H26N2O5S. The van der Waals surface area contributed by atoms with Gasteiger partial charge in [-0.15, -0.1) is 11.3 Å². The molecule has 8 heteroatoms. The van der Waals surface area contributed by atoms with Crippen LogP contribution in [0.25, 0.3) is 11.3 Å². The van der Waals surface area contributed by atoms with Crippen molar-refractivity contribution in [3.05, 3.63) is 53.4 Å². The first-order valence-corrected chi connectivity index (χ1v) is 10.6. The summed E-state index contributed by atoms with van der Waals surface area (Å²) >= 11 is 1.41. The number of ether oxygens (including phenoxy) is 4. The molecule has 0 saturated heterocycles. The lowest BCUT2D eigenvalue weighted by Gasteiger charge is -2.20. The van der Waals surface area contributed by atoms with Gasteiger partial charge in [-0.1, -0.05) is 0 Å². The van der Waals surface area contributed by atoms with Gasteiger partial charge in [0.25, 0.3) is 5.91 Å². The van der Waals surface area contributed by atoms with E-state index in [9.17, 15) is 4.79 Å². The van der Waals surface area contributed by atoms with E-state index in [1.165, 1.54) is 11.3 Å². The van der Waals surface area contributed by atoms with Crippen LogP contribution in [0.4, 0.5) is 5.13 Å². The topological polar surface area (TPSA) is 70.1 Å². The Morgan fingerprint density at radius 3 is 2.32 bits per heavy atom. The Bertz CT molecular complexity index is 1000. The predicted molar refractivity (Wildman–Crippen MR) is 122 cm³/mol. The number of anilines is 1. The third-order valence-corrected chi connectivity index (χ3v) is 5.58. The number of carbonyl (C=O) groups excluding carboxylic acids is 1. The van der Waals surface area contributed by atoms with Gasteiger partial charge in [-0.05, 0) is 48.9 Å². The summed E-state index contributed by atoms with van der Waals surface area (Å²) in [7, 11) is 6.47. The lowest BCUT2D eigenvalue weighted by molar-refractivity contribution is 0.0983. The summed E-state index contributed by atoms with van der Waals surface area (Å²) in [6, 6.07) is 12.6. The molecule has 0 saturated carbocycles. The standard InChI is InChI=1S/C23H26N2O5S/c1-27-13-5-12-25(22(26)16-6-8-17(28-2)9-7-16)23-24-20(15-31-23)19-14-18(29-3)10-11-21(19)30-4/h6-11,14-15H,5,12-13H2,1-4H3. The zero-order valence-corrected chi connectivity index (χ0v) is 18.9. The SMILES string of the molecule is COCCCN(C(=O)c1ccc(OC)cc1)c1nc(-c2cc(OC)ccc2OC)cs1. The molecule has 3 rings (SSSR count). The van der Waals surface area contributed by atoms with Crippen LogP contribution in [-0.2, 0) is 4.74 Å². The van der Waals surface area contributed by atoms with Crippen LogP contribution in [0.15, 0.2) is 47.8 Å². The van der Waals surface area contributed by atoms with Gasteiger partial charge in [0.2, 0.25) is 0 Å². The van der Waals surface area contributed by atoms with Crippen molar-refractivity contribution in [1.82, 2.24) is 4.98 Å². The minimum Gasteiger partial charge on any atom is -0.497 e. The minimum atomic E-state index is -0.128. The molecule has 0 atom stereocenters. The van der Waals surface area contributed by atoms with Crippen LogP contribution in [0.2, 0.25) is 0 Å². The quantitative estimate of drug-likeness (QED) is 0.430. The summed E-state index contributed by atoms with van der Waals surface area (Å²) in [5, 5.41) is 2.52. The van der Waals surface area contributed by atoms with E-state index in [-0.39, 0.29) is 5.91 Å². The van der Waals surface area contributed by atoms with Crippen molar-refractivity contribution in [1.29, 1.82) is 0 Å². The molecule has 7 nitrogen and oxygen atoms in total. The monoisotopic (exact) mass is 442 g/mol. The second-order valence-corrected chi connectivity index (χ2v) is 7.45. The molecule has 0 bridgehead atoms. The molecule has 0 radical (unpaired) electrons. The van der Waals surface area contributed by atoms with E-state index in [0.717, 1.165) is 11.3 Å². The number of rotatable bonds is 10. The predicted octanol–water partition coefficient (Wildman–Crippen LogP) is 4.52. The molecule has 3 aromatic rings. The summed E-state index contributed by atoms with van der Waals surface area (Å²) in [6.07, 6.45) is 0.690. The third-order valence-electron chi connectivity index (χ3n) is 4.72. The van der Waals surface area contributed by atoms with Crippen LogP contribution in [0.1, 0.15) is 16.8 Å². The Labute approximate surface area is 186 Å². The first-order chi connectivity index (χ1) is 15.1. The lowest BCUT2D eigenvalue weighted by atomic mass is 10.1. The number of methoxy groups -OCH3 is 4. The molecule has 31 heavy (non-hydrogen) atoms. The van der Waals surface area contributed by atoms with E-state index in [2.05, 4.69) is 0 Å². The second-order valence-electron chi connectivity index (χ2n) is 6.61. The van der Waals surface area contributed by atoms with E-state index in [1.54, 1.807) is 57.6 Å². The van der Waals surface area contributed by atoms with Gasteiger partial charge < -0.3 is 18.9 Å². The maximum absolute atomic E-state index is 13.3. The molecule has 0 fully saturated rings. The summed E-state index contributed by atoms with van der Waals surface area (Å²) in [6.45, 7) is 1.04. The largest absolute Gasteiger partial charge is 0.497 e. The molecule has 1 aromatic heterocycles. The van der Waals surface area contributed by atoms with Gasteiger partial charge in [-0.25, -0.2) is 4.98 Å². The molecule has 0 aliphatic carbocycles. The highest BCUT2D eigenvalue weighted by molar-refractivity contribution is 7.14. The molecule has 0 N–H and O–H groups in total. The van der Waals surface area contributed by atoms with Crippen molar-refractivity contribution in [2.24, 2.45) is 0 Å². The maximum atomic E-state index is 13.3. The van der Waals surface area contributed by atoms with Crippen molar-refractivity contribution in [3.8, 4) is 28.5 Å². The van der Waals surface area contributed by atoms with Crippen LogP contribution in [0, 0.1) is 0 Å². The first kappa shape index (κ1) is 22.6. The summed E-state index contributed by atoms with van der Waals surface area (Å²) in [5.74, 6) is 1.96. The molecule has 1 heterocycles. The Morgan fingerprint density at radius 1 is 0.968 bits per heavy atom. The fourth-order valence-electron chi connectivity index (χ4n) is 3.07.